The lowest BCUT2D eigenvalue weighted by Crippen LogP contribution is -2.04. The number of aromatic carboxylic acids is 1. The molecule has 3 aromatic heterocycles. The number of fused-ring (bicyclic) bond motifs is 1. The molecule has 0 amide bonds. The fourth-order valence-corrected chi connectivity index (χ4v) is 3.13. The summed E-state index contributed by atoms with van der Waals surface area (Å²) in [5.41, 5.74) is 1.57. The summed E-state index contributed by atoms with van der Waals surface area (Å²) in [6.45, 7) is 2.29. The molecule has 3 heterocycles. The number of thiophene rings is 1. The number of hydrogen-bond donors (Lipinski definition) is 2. The van der Waals surface area contributed by atoms with Gasteiger partial charge >= 0.3 is 5.97 Å². The SMILES string of the molecule is Cc1c(C(=O)O)sc2ncnc(NCc3ccn(C)n3)c12. The van der Waals surface area contributed by atoms with Crippen LogP contribution in [0.4, 0.5) is 5.82 Å². The van der Waals surface area contributed by atoms with E-state index in [0.717, 1.165) is 22.4 Å². The van der Waals surface area contributed by atoms with Crippen molar-refractivity contribution in [3.05, 3.63) is 34.7 Å². The van der Waals surface area contributed by atoms with E-state index in [1.165, 1.54) is 6.33 Å². The Kier molecular flexibility index (Phi) is 3.30. The number of carboxylic acid groups (broad SMARTS) is 1. The van der Waals surface area contributed by atoms with Crippen LogP contribution in [0.1, 0.15) is 20.9 Å². The van der Waals surface area contributed by atoms with Crippen molar-refractivity contribution in [2.24, 2.45) is 7.05 Å². The number of carboxylic acids is 1. The Labute approximate surface area is 124 Å². The Morgan fingerprint density at radius 2 is 2.29 bits per heavy atom. The molecule has 0 radical (unpaired) electrons. The zero-order valence-corrected chi connectivity index (χ0v) is 12.3. The number of nitrogens with zero attached hydrogens (tertiary/aromatic N) is 4. The summed E-state index contributed by atoms with van der Waals surface area (Å²) in [5.74, 6) is -0.307. The van der Waals surface area contributed by atoms with Gasteiger partial charge in [0, 0.05) is 13.2 Å². The second-order valence-corrected chi connectivity index (χ2v) is 5.60. The van der Waals surface area contributed by atoms with E-state index in [1.807, 2.05) is 19.3 Å². The highest BCUT2D eigenvalue weighted by atomic mass is 32.1. The molecule has 3 aromatic rings. The molecule has 2 N–H and O–H groups in total. The number of aromatic nitrogens is 4. The van der Waals surface area contributed by atoms with Crippen LogP contribution in [0.15, 0.2) is 18.6 Å². The molecule has 0 atom stereocenters. The van der Waals surface area contributed by atoms with Crippen molar-refractivity contribution in [1.29, 1.82) is 0 Å². The maximum atomic E-state index is 11.2. The molecule has 21 heavy (non-hydrogen) atoms. The third-order valence-corrected chi connectivity index (χ3v) is 4.31. The molecule has 0 aliphatic rings. The first kappa shape index (κ1) is 13.5. The zero-order chi connectivity index (χ0) is 15.0. The van der Waals surface area contributed by atoms with E-state index >= 15 is 0 Å². The lowest BCUT2D eigenvalue weighted by molar-refractivity contribution is 0.0701. The van der Waals surface area contributed by atoms with Gasteiger partial charge in [-0.05, 0) is 18.6 Å². The van der Waals surface area contributed by atoms with Gasteiger partial charge < -0.3 is 10.4 Å². The molecule has 108 valence electrons. The monoisotopic (exact) mass is 303 g/mol. The molecule has 8 heteroatoms. The average molecular weight is 303 g/mol. The largest absolute Gasteiger partial charge is 0.477 e. The van der Waals surface area contributed by atoms with Gasteiger partial charge in [0.25, 0.3) is 0 Å². The van der Waals surface area contributed by atoms with E-state index in [4.69, 9.17) is 0 Å². The first-order chi connectivity index (χ1) is 10.1. The van der Waals surface area contributed by atoms with Crippen LogP contribution in [-0.2, 0) is 13.6 Å². The predicted molar refractivity (Wildman–Crippen MR) is 79.6 cm³/mol. The van der Waals surface area contributed by atoms with Gasteiger partial charge in [0.15, 0.2) is 0 Å². The molecule has 0 unspecified atom stereocenters. The van der Waals surface area contributed by atoms with Crippen molar-refractivity contribution in [2.75, 3.05) is 5.32 Å². The summed E-state index contributed by atoms with van der Waals surface area (Å²) in [6.07, 6.45) is 3.30. The fraction of sp³-hybridized carbons (Fsp3) is 0.231. The first-order valence-corrected chi connectivity index (χ1v) is 7.07. The molecule has 0 aliphatic carbocycles. The van der Waals surface area contributed by atoms with Gasteiger partial charge in [-0.15, -0.1) is 11.3 Å². The number of hydrogen-bond acceptors (Lipinski definition) is 6. The van der Waals surface area contributed by atoms with Crippen LogP contribution in [0.3, 0.4) is 0 Å². The highest BCUT2D eigenvalue weighted by Gasteiger charge is 2.18. The highest BCUT2D eigenvalue weighted by molar-refractivity contribution is 7.20. The standard InChI is InChI=1S/C13H13N5O2S/c1-7-9-11(14-5-8-3-4-18(2)17-8)15-6-16-12(9)21-10(7)13(19)20/h3-4,6H,5H2,1-2H3,(H,19,20)(H,14,15,16). The highest BCUT2D eigenvalue weighted by Crippen LogP contribution is 2.33. The van der Waals surface area contributed by atoms with E-state index in [0.29, 0.717) is 27.6 Å². The molecule has 7 nitrogen and oxygen atoms in total. The van der Waals surface area contributed by atoms with Gasteiger partial charge in [-0.1, -0.05) is 0 Å². The Balaban J connectivity index is 1.96. The van der Waals surface area contributed by atoms with Gasteiger partial charge in [0.2, 0.25) is 0 Å². The molecule has 0 aliphatic heterocycles. The van der Waals surface area contributed by atoms with Crippen LogP contribution < -0.4 is 5.32 Å². The second kappa shape index (κ2) is 5.13. The third kappa shape index (κ3) is 2.45. The van der Waals surface area contributed by atoms with Crippen LogP contribution in [0.25, 0.3) is 10.2 Å². The second-order valence-electron chi connectivity index (χ2n) is 4.60. The van der Waals surface area contributed by atoms with Crippen molar-refractivity contribution in [2.45, 2.75) is 13.5 Å². The Morgan fingerprint density at radius 3 is 2.95 bits per heavy atom. The number of aryl methyl sites for hydroxylation is 2. The van der Waals surface area contributed by atoms with Gasteiger partial charge in [-0.25, -0.2) is 14.8 Å². The van der Waals surface area contributed by atoms with Crippen molar-refractivity contribution < 1.29 is 9.90 Å². The van der Waals surface area contributed by atoms with E-state index in [-0.39, 0.29) is 0 Å². The van der Waals surface area contributed by atoms with Gasteiger partial charge in [-0.3, -0.25) is 4.68 Å². The number of anilines is 1. The van der Waals surface area contributed by atoms with Crippen molar-refractivity contribution in [3.8, 4) is 0 Å². The third-order valence-electron chi connectivity index (χ3n) is 3.13. The van der Waals surface area contributed by atoms with Crippen molar-refractivity contribution in [1.82, 2.24) is 19.7 Å². The van der Waals surface area contributed by atoms with Crippen LogP contribution in [0, 0.1) is 6.92 Å². The zero-order valence-electron chi connectivity index (χ0n) is 11.5. The summed E-state index contributed by atoms with van der Waals surface area (Å²) in [7, 11) is 1.86. The normalized spacial score (nSPS) is 11.0. The van der Waals surface area contributed by atoms with Crippen LogP contribution in [0.5, 0.6) is 0 Å². The summed E-state index contributed by atoms with van der Waals surface area (Å²) in [6, 6.07) is 1.91. The van der Waals surface area contributed by atoms with Crippen molar-refractivity contribution >= 4 is 33.3 Å². The minimum atomic E-state index is -0.939. The summed E-state index contributed by atoms with van der Waals surface area (Å²) < 4.78 is 1.73. The van der Waals surface area contributed by atoms with Gasteiger partial charge in [0.05, 0.1) is 17.6 Å². The van der Waals surface area contributed by atoms with Crippen molar-refractivity contribution in [3.63, 3.8) is 0 Å². The minimum Gasteiger partial charge on any atom is -0.477 e. The van der Waals surface area contributed by atoms with Gasteiger partial charge in [0.1, 0.15) is 21.9 Å². The van der Waals surface area contributed by atoms with Gasteiger partial charge in [-0.2, -0.15) is 5.10 Å². The summed E-state index contributed by atoms with van der Waals surface area (Å²) in [5, 5.41) is 17.4. The topological polar surface area (TPSA) is 92.9 Å². The fourth-order valence-electron chi connectivity index (χ4n) is 2.14. The Bertz CT molecular complexity index is 823. The molecule has 0 saturated carbocycles. The molecule has 0 fully saturated rings. The Hall–Kier alpha value is -2.48. The van der Waals surface area contributed by atoms with Crippen LogP contribution in [0.2, 0.25) is 0 Å². The predicted octanol–water partition coefficient (Wildman–Crippen LogP) is 2.04. The maximum Gasteiger partial charge on any atom is 0.346 e. The van der Waals surface area contributed by atoms with E-state index < -0.39 is 5.97 Å². The molecule has 0 saturated heterocycles. The molecular weight excluding hydrogens is 290 g/mol. The van der Waals surface area contributed by atoms with Crippen LogP contribution >= 0.6 is 11.3 Å². The molecule has 3 rings (SSSR count). The number of rotatable bonds is 4. The molecule has 0 aromatic carbocycles. The molecule has 0 spiro atoms. The molecule has 0 bridgehead atoms. The van der Waals surface area contributed by atoms with E-state index in [2.05, 4.69) is 20.4 Å². The minimum absolute atomic E-state index is 0.298. The maximum absolute atomic E-state index is 11.2. The summed E-state index contributed by atoms with van der Waals surface area (Å²) >= 11 is 1.16. The summed E-state index contributed by atoms with van der Waals surface area (Å²) in [4.78, 5) is 20.5. The van der Waals surface area contributed by atoms with Crippen LogP contribution in [-0.4, -0.2) is 30.8 Å². The lowest BCUT2D eigenvalue weighted by atomic mass is 10.2. The smallest absolute Gasteiger partial charge is 0.346 e. The first-order valence-electron chi connectivity index (χ1n) is 6.26. The number of carbonyl (C=O) groups is 1. The van der Waals surface area contributed by atoms with E-state index in [1.54, 1.807) is 11.6 Å². The Morgan fingerprint density at radius 1 is 1.48 bits per heavy atom. The average Bonchev–Trinajstić information content (AvgIpc) is 3.01. The molecular formula is C13H13N5O2S. The quantitative estimate of drug-likeness (QED) is 0.766. The van der Waals surface area contributed by atoms with E-state index in [9.17, 15) is 9.90 Å². The lowest BCUT2D eigenvalue weighted by Gasteiger charge is -2.05. The number of nitrogens with one attached hydrogen (secondary N) is 1.